The molecule has 2 aromatic carbocycles. The van der Waals surface area contributed by atoms with E-state index in [2.05, 4.69) is 25.7 Å². The molecule has 1 saturated heterocycles. The number of hydrogen-bond donors (Lipinski definition) is 0. The van der Waals surface area contributed by atoms with Gasteiger partial charge in [-0.25, -0.2) is 8.42 Å². The van der Waals surface area contributed by atoms with E-state index in [0.717, 1.165) is 18.7 Å². The van der Waals surface area contributed by atoms with E-state index in [1.165, 1.54) is 10.4 Å². The van der Waals surface area contributed by atoms with Gasteiger partial charge < -0.3 is 4.90 Å². The highest BCUT2D eigenvalue weighted by Gasteiger charge is 2.32. The molecular formula is C23H29Cl2N3O3S. The Morgan fingerprint density at radius 3 is 2.22 bits per heavy atom. The van der Waals surface area contributed by atoms with Crippen LogP contribution in [0.25, 0.3) is 0 Å². The molecule has 1 fully saturated rings. The summed E-state index contributed by atoms with van der Waals surface area (Å²) in [6.07, 6.45) is 0. The SMILES string of the molecule is CCN(Cc1ccc(C(=O)N2CCN(S(=O)(=O)c3cccc(Cl)c3Cl)CC2)cc1)C(C)C. The van der Waals surface area contributed by atoms with Crippen LogP contribution in [-0.4, -0.2) is 67.2 Å². The van der Waals surface area contributed by atoms with E-state index < -0.39 is 10.0 Å². The summed E-state index contributed by atoms with van der Waals surface area (Å²) >= 11 is 12.1. The van der Waals surface area contributed by atoms with Gasteiger partial charge in [0.05, 0.1) is 10.0 Å². The Morgan fingerprint density at radius 1 is 1.03 bits per heavy atom. The molecule has 0 aromatic heterocycles. The molecule has 0 radical (unpaired) electrons. The van der Waals surface area contributed by atoms with E-state index >= 15 is 0 Å². The Balaban J connectivity index is 1.64. The molecule has 0 bridgehead atoms. The van der Waals surface area contributed by atoms with Crippen molar-refractivity contribution in [1.82, 2.24) is 14.1 Å². The molecule has 9 heteroatoms. The van der Waals surface area contributed by atoms with Crippen LogP contribution < -0.4 is 0 Å². The van der Waals surface area contributed by atoms with Gasteiger partial charge in [0.15, 0.2) is 0 Å². The van der Waals surface area contributed by atoms with Crippen LogP contribution in [0.4, 0.5) is 0 Å². The Bertz CT molecular complexity index is 1050. The lowest BCUT2D eigenvalue weighted by Crippen LogP contribution is -2.50. The van der Waals surface area contributed by atoms with Crippen LogP contribution in [0.3, 0.4) is 0 Å². The summed E-state index contributed by atoms with van der Waals surface area (Å²) in [5, 5.41) is 0.215. The van der Waals surface area contributed by atoms with Crippen LogP contribution in [0.2, 0.25) is 10.0 Å². The Morgan fingerprint density at radius 2 is 1.66 bits per heavy atom. The first-order valence-electron chi connectivity index (χ1n) is 10.7. The average molecular weight is 498 g/mol. The van der Waals surface area contributed by atoms with Crippen LogP contribution in [-0.2, 0) is 16.6 Å². The molecule has 1 aliphatic rings. The fraction of sp³-hybridized carbons (Fsp3) is 0.435. The summed E-state index contributed by atoms with van der Waals surface area (Å²) in [5.41, 5.74) is 1.77. The van der Waals surface area contributed by atoms with E-state index in [1.54, 1.807) is 17.0 Å². The largest absolute Gasteiger partial charge is 0.336 e. The predicted octanol–water partition coefficient (Wildman–Crippen LogP) is 4.37. The molecule has 6 nitrogen and oxygen atoms in total. The Labute approximate surface area is 200 Å². The highest BCUT2D eigenvalue weighted by Crippen LogP contribution is 2.31. The second kappa shape index (κ2) is 10.5. The second-order valence-corrected chi connectivity index (χ2v) is 10.8. The van der Waals surface area contributed by atoms with Gasteiger partial charge in [0.25, 0.3) is 5.91 Å². The van der Waals surface area contributed by atoms with Crippen molar-refractivity contribution in [3.05, 3.63) is 63.6 Å². The van der Waals surface area contributed by atoms with E-state index in [-0.39, 0.29) is 33.9 Å². The summed E-state index contributed by atoms with van der Waals surface area (Å²) in [6.45, 7) is 9.31. The smallest absolute Gasteiger partial charge is 0.253 e. The lowest BCUT2D eigenvalue weighted by molar-refractivity contribution is 0.0698. The normalized spacial score (nSPS) is 15.5. The first-order valence-corrected chi connectivity index (χ1v) is 12.9. The van der Waals surface area contributed by atoms with Crippen molar-refractivity contribution in [2.24, 2.45) is 0 Å². The lowest BCUT2D eigenvalue weighted by atomic mass is 10.1. The fourth-order valence-electron chi connectivity index (χ4n) is 3.78. The fourth-order valence-corrected chi connectivity index (χ4v) is 5.94. The molecule has 1 heterocycles. The zero-order valence-electron chi connectivity index (χ0n) is 18.6. The number of nitrogens with zero attached hydrogens (tertiary/aromatic N) is 3. The van der Waals surface area contributed by atoms with Crippen LogP contribution in [0.15, 0.2) is 47.4 Å². The van der Waals surface area contributed by atoms with Gasteiger partial charge >= 0.3 is 0 Å². The molecule has 3 rings (SSSR count). The monoisotopic (exact) mass is 497 g/mol. The van der Waals surface area contributed by atoms with Crippen LogP contribution in [0.5, 0.6) is 0 Å². The Kier molecular flexibility index (Phi) is 8.22. The predicted molar refractivity (Wildman–Crippen MR) is 129 cm³/mol. The van der Waals surface area contributed by atoms with Crippen LogP contribution in [0, 0.1) is 0 Å². The molecule has 0 saturated carbocycles. The van der Waals surface area contributed by atoms with Gasteiger partial charge in [-0.2, -0.15) is 4.31 Å². The number of hydrogen-bond acceptors (Lipinski definition) is 4. The summed E-state index contributed by atoms with van der Waals surface area (Å²) in [7, 11) is -3.78. The van der Waals surface area contributed by atoms with Gasteiger partial charge in [0.1, 0.15) is 4.90 Å². The maximum Gasteiger partial charge on any atom is 0.253 e. The van der Waals surface area contributed by atoms with Crippen molar-refractivity contribution < 1.29 is 13.2 Å². The second-order valence-electron chi connectivity index (χ2n) is 8.10. The number of rotatable bonds is 7. The highest BCUT2D eigenvalue weighted by molar-refractivity contribution is 7.89. The van der Waals surface area contributed by atoms with E-state index in [1.807, 2.05) is 24.3 Å². The van der Waals surface area contributed by atoms with Crippen molar-refractivity contribution in [3.8, 4) is 0 Å². The third-order valence-electron chi connectivity index (χ3n) is 5.78. The maximum absolute atomic E-state index is 13.0. The molecule has 0 atom stereocenters. The van der Waals surface area contributed by atoms with Crippen molar-refractivity contribution in [1.29, 1.82) is 0 Å². The number of carbonyl (C=O) groups is 1. The number of amides is 1. The van der Waals surface area contributed by atoms with Crippen molar-refractivity contribution in [3.63, 3.8) is 0 Å². The number of piperazine rings is 1. The molecule has 0 spiro atoms. The van der Waals surface area contributed by atoms with Crippen LogP contribution >= 0.6 is 23.2 Å². The minimum Gasteiger partial charge on any atom is -0.336 e. The summed E-state index contributed by atoms with van der Waals surface area (Å²) in [6, 6.07) is 12.7. The van der Waals surface area contributed by atoms with Gasteiger partial charge in [0, 0.05) is 44.3 Å². The topological polar surface area (TPSA) is 60.9 Å². The molecule has 0 N–H and O–H groups in total. The van der Waals surface area contributed by atoms with Crippen molar-refractivity contribution >= 4 is 39.1 Å². The number of halogens is 2. The van der Waals surface area contributed by atoms with E-state index in [4.69, 9.17) is 23.2 Å². The minimum atomic E-state index is -3.78. The third-order valence-corrected chi connectivity index (χ3v) is 8.65. The van der Waals surface area contributed by atoms with Gasteiger partial charge in [-0.05, 0) is 50.2 Å². The first-order chi connectivity index (χ1) is 15.1. The molecular weight excluding hydrogens is 469 g/mol. The highest BCUT2D eigenvalue weighted by atomic mass is 35.5. The number of benzene rings is 2. The zero-order valence-corrected chi connectivity index (χ0v) is 20.9. The van der Waals surface area contributed by atoms with E-state index in [0.29, 0.717) is 24.7 Å². The summed E-state index contributed by atoms with van der Waals surface area (Å²) in [5.74, 6) is -0.0920. The molecule has 2 aromatic rings. The third kappa shape index (κ3) is 5.46. The number of carbonyl (C=O) groups excluding carboxylic acids is 1. The van der Waals surface area contributed by atoms with Crippen LogP contribution in [0.1, 0.15) is 36.7 Å². The molecule has 0 unspecified atom stereocenters. The van der Waals surface area contributed by atoms with Gasteiger partial charge in [-0.3, -0.25) is 9.69 Å². The molecule has 1 aliphatic heterocycles. The summed E-state index contributed by atoms with van der Waals surface area (Å²) < 4.78 is 27.3. The first kappa shape index (κ1) is 25.0. The average Bonchev–Trinajstić information content (AvgIpc) is 2.79. The molecule has 174 valence electrons. The maximum atomic E-state index is 13.0. The van der Waals surface area contributed by atoms with Crippen molar-refractivity contribution in [2.75, 3.05) is 32.7 Å². The molecule has 0 aliphatic carbocycles. The number of sulfonamides is 1. The van der Waals surface area contributed by atoms with Gasteiger partial charge in [0.2, 0.25) is 10.0 Å². The van der Waals surface area contributed by atoms with Gasteiger partial charge in [-0.15, -0.1) is 0 Å². The quantitative estimate of drug-likeness (QED) is 0.569. The molecule has 32 heavy (non-hydrogen) atoms. The molecule has 1 amide bonds. The van der Waals surface area contributed by atoms with Crippen molar-refractivity contribution in [2.45, 2.75) is 38.3 Å². The standard InChI is InChI=1S/C23H29Cl2N3O3S/c1-4-26(17(2)3)16-18-8-10-19(11-9-18)23(29)27-12-14-28(15-13-27)32(30,31)21-7-5-6-20(24)22(21)25/h5-11,17H,4,12-16H2,1-3H3. The van der Waals surface area contributed by atoms with E-state index in [9.17, 15) is 13.2 Å². The summed E-state index contributed by atoms with van der Waals surface area (Å²) in [4.78, 5) is 17.0. The zero-order chi connectivity index (χ0) is 23.5. The lowest BCUT2D eigenvalue weighted by Gasteiger charge is -2.34. The Hall–Kier alpha value is -1.64. The minimum absolute atomic E-state index is 0.00967. The van der Waals surface area contributed by atoms with Gasteiger partial charge in [-0.1, -0.05) is 48.3 Å².